The molecule has 0 atom stereocenters. The van der Waals surface area contributed by atoms with E-state index in [1.54, 1.807) is 41.9 Å². The molecule has 5 nitrogen and oxygen atoms in total. The van der Waals surface area contributed by atoms with E-state index in [9.17, 15) is 9.59 Å². The fraction of sp³-hybridized carbons (Fsp3) is 0.300. The third kappa shape index (κ3) is 5.46. The van der Waals surface area contributed by atoms with Crippen molar-refractivity contribution in [1.29, 1.82) is 0 Å². The van der Waals surface area contributed by atoms with Gasteiger partial charge in [0.2, 0.25) is 11.8 Å². The quantitative estimate of drug-likeness (QED) is 0.793. The van der Waals surface area contributed by atoms with Crippen molar-refractivity contribution in [1.82, 2.24) is 10.2 Å². The molecule has 0 radical (unpaired) electrons. The minimum absolute atomic E-state index is 0.00239. The van der Waals surface area contributed by atoms with E-state index in [2.05, 4.69) is 5.32 Å². The fourth-order valence-electron chi connectivity index (χ4n) is 2.85. The first kappa shape index (κ1) is 18.2. The van der Waals surface area contributed by atoms with Crippen molar-refractivity contribution < 1.29 is 14.0 Å². The van der Waals surface area contributed by atoms with Crippen LogP contribution in [0.2, 0.25) is 0 Å². The molecule has 2 amide bonds. The summed E-state index contributed by atoms with van der Waals surface area (Å²) in [6.07, 6.45) is 10.0. The Bertz CT molecular complexity index is 755. The molecule has 0 unspecified atom stereocenters. The number of carbonyl (C=O) groups is 2. The van der Waals surface area contributed by atoms with Crippen LogP contribution in [0.1, 0.15) is 24.2 Å². The van der Waals surface area contributed by atoms with Gasteiger partial charge in [0, 0.05) is 31.8 Å². The predicted octanol–water partition coefficient (Wildman–Crippen LogP) is 3.42. The van der Waals surface area contributed by atoms with Crippen molar-refractivity contribution in [3.63, 3.8) is 0 Å². The molecule has 1 fully saturated rings. The van der Waals surface area contributed by atoms with Crippen LogP contribution in [0.4, 0.5) is 0 Å². The minimum Gasteiger partial charge on any atom is -0.465 e. The molecule has 0 saturated carbocycles. The third-order valence-corrected chi connectivity index (χ3v) is 5.10. The van der Waals surface area contributed by atoms with Crippen molar-refractivity contribution in [2.75, 3.05) is 19.6 Å². The summed E-state index contributed by atoms with van der Waals surface area (Å²) in [4.78, 5) is 25.9. The maximum absolute atomic E-state index is 12.2. The molecule has 2 aromatic heterocycles. The molecule has 1 saturated heterocycles. The zero-order valence-corrected chi connectivity index (χ0v) is 15.3. The standard InChI is InChI=1S/C20H22N2O3S/c23-19(5-3-17-9-13-26-15-17)21-14-16-7-10-22(11-8-16)20(24)6-4-18-2-1-12-25-18/h1-6,9,12-13,15-16H,7-8,10-11,14H2,(H,21,23)/b5-3+,6-4+. The first-order valence-electron chi connectivity index (χ1n) is 8.69. The first-order valence-corrected chi connectivity index (χ1v) is 9.63. The Labute approximate surface area is 157 Å². The van der Waals surface area contributed by atoms with Crippen molar-refractivity contribution in [3.8, 4) is 0 Å². The van der Waals surface area contributed by atoms with Gasteiger partial charge in [0.15, 0.2) is 0 Å². The van der Waals surface area contributed by atoms with E-state index >= 15 is 0 Å². The second-order valence-corrected chi connectivity index (χ2v) is 7.03. The summed E-state index contributed by atoms with van der Waals surface area (Å²) >= 11 is 1.61. The second-order valence-electron chi connectivity index (χ2n) is 6.25. The summed E-state index contributed by atoms with van der Waals surface area (Å²) in [6.45, 7) is 2.08. The molecule has 0 spiro atoms. The second kappa shape index (κ2) is 9.20. The van der Waals surface area contributed by atoms with Gasteiger partial charge in [-0.1, -0.05) is 0 Å². The molecular formula is C20H22N2O3S. The number of nitrogens with zero attached hydrogens (tertiary/aromatic N) is 1. The van der Waals surface area contributed by atoms with Gasteiger partial charge in [0.05, 0.1) is 6.26 Å². The van der Waals surface area contributed by atoms with E-state index in [1.807, 2.05) is 33.9 Å². The molecule has 136 valence electrons. The van der Waals surface area contributed by atoms with Crippen LogP contribution in [0.15, 0.2) is 51.8 Å². The average Bonchev–Trinajstić information content (AvgIpc) is 3.37. The SMILES string of the molecule is O=C(/C=C/c1ccsc1)NCC1CCN(C(=O)/C=C/c2ccco2)CC1. The Hall–Kier alpha value is -2.60. The van der Waals surface area contributed by atoms with Gasteiger partial charge in [-0.25, -0.2) is 0 Å². The number of thiophene rings is 1. The number of carbonyl (C=O) groups excluding carboxylic acids is 2. The van der Waals surface area contributed by atoms with E-state index in [1.165, 1.54) is 0 Å². The lowest BCUT2D eigenvalue weighted by Crippen LogP contribution is -2.40. The molecule has 3 heterocycles. The normalized spacial score (nSPS) is 15.8. The number of likely N-dealkylation sites (tertiary alicyclic amines) is 1. The van der Waals surface area contributed by atoms with Crippen molar-refractivity contribution in [2.24, 2.45) is 5.92 Å². The number of piperidine rings is 1. The monoisotopic (exact) mass is 370 g/mol. The molecule has 1 aliphatic heterocycles. The Morgan fingerprint density at radius 2 is 2.08 bits per heavy atom. The highest BCUT2D eigenvalue weighted by atomic mass is 32.1. The molecule has 1 N–H and O–H groups in total. The van der Waals surface area contributed by atoms with E-state index < -0.39 is 0 Å². The van der Waals surface area contributed by atoms with Gasteiger partial charge in [-0.2, -0.15) is 11.3 Å². The number of rotatable bonds is 6. The van der Waals surface area contributed by atoms with Gasteiger partial charge in [0.1, 0.15) is 5.76 Å². The van der Waals surface area contributed by atoms with E-state index in [0.29, 0.717) is 31.3 Å². The van der Waals surface area contributed by atoms with Crippen molar-refractivity contribution in [3.05, 3.63) is 58.7 Å². The minimum atomic E-state index is -0.0731. The van der Waals surface area contributed by atoms with E-state index in [0.717, 1.165) is 18.4 Å². The zero-order chi connectivity index (χ0) is 18.2. The third-order valence-electron chi connectivity index (χ3n) is 4.39. The van der Waals surface area contributed by atoms with Gasteiger partial charge in [0.25, 0.3) is 0 Å². The fourth-order valence-corrected chi connectivity index (χ4v) is 3.48. The summed E-state index contributed by atoms with van der Waals surface area (Å²) in [7, 11) is 0. The summed E-state index contributed by atoms with van der Waals surface area (Å²) < 4.78 is 5.18. The lowest BCUT2D eigenvalue weighted by Gasteiger charge is -2.31. The van der Waals surface area contributed by atoms with Gasteiger partial charge >= 0.3 is 0 Å². The van der Waals surface area contributed by atoms with Gasteiger partial charge < -0.3 is 14.6 Å². The Balaban J connectivity index is 1.37. The lowest BCUT2D eigenvalue weighted by molar-refractivity contribution is -0.127. The molecule has 3 rings (SSSR count). The molecule has 26 heavy (non-hydrogen) atoms. The van der Waals surface area contributed by atoms with Gasteiger partial charge in [-0.3, -0.25) is 9.59 Å². The molecular weight excluding hydrogens is 348 g/mol. The Kier molecular flexibility index (Phi) is 6.44. The number of hydrogen-bond donors (Lipinski definition) is 1. The van der Waals surface area contributed by atoms with Crippen molar-refractivity contribution in [2.45, 2.75) is 12.8 Å². The highest BCUT2D eigenvalue weighted by Crippen LogP contribution is 2.17. The Morgan fingerprint density at radius 1 is 1.23 bits per heavy atom. The Morgan fingerprint density at radius 3 is 2.77 bits per heavy atom. The van der Waals surface area contributed by atoms with Crippen LogP contribution < -0.4 is 5.32 Å². The van der Waals surface area contributed by atoms with Crippen LogP contribution in [0.25, 0.3) is 12.2 Å². The van der Waals surface area contributed by atoms with E-state index in [4.69, 9.17) is 4.42 Å². The number of amides is 2. The smallest absolute Gasteiger partial charge is 0.246 e. The molecule has 0 bridgehead atoms. The predicted molar refractivity (Wildman–Crippen MR) is 103 cm³/mol. The highest BCUT2D eigenvalue weighted by molar-refractivity contribution is 7.08. The van der Waals surface area contributed by atoms with Crippen LogP contribution in [0.5, 0.6) is 0 Å². The molecule has 0 aromatic carbocycles. The number of furan rings is 1. The largest absolute Gasteiger partial charge is 0.465 e. The summed E-state index contributed by atoms with van der Waals surface area (Å²) in [5, 5.41) is 6.93. The van der Waals surface area contributed by atoms with Crippen LogP contribution in [0, 0.1) is 5.92 Å². The first-order chi connectivity index (χ1) is 12.7. The molecule has 1 aliphatic rings. The van der Waals surface area contributed by atoms with Crippen LogP contribution in [0.3, 0.4) is 0 Å². The van der Waals surface area contributed by atoms with Crippen molar-refractivity contribution >= 4 is 35.3 Å². The van der Waals surface area contributed by atoms with Crippen LogP contribution >= 0.6 is 11.3 Å². The topological polar surface area (TPSA) is 62.6 Å². The van der Waals surface area contributed by atoms with E-state index in [-0.39, 0.29) is 11.8 Å². The van der Waals surface area contributed by atoms with Crippen LogP contribution in [-0.2, 0) is 9.59 Å². The summed E-state index contributed by atoms with van der Waals surface area (Å²) in [5.74, 6) is 1.01. The molecule has 6 heteroatoms. The highest BCUT2D eigenvalue weighted by Gasteiger charge is 2.21. The lowest BCUT2D eigenvalue weighted by atomic mass is 9.96. The van der Waals surface area contributed by atoms with Gasteiger partial charge in [-0.15, -0.1) is 0 Å². The maximum Gasteiger partial charge on any atom is 0.246 e. The zero-order valence-electron chi connectivity index (χ0n) is 14.5. The molecule has 2 aromatic rings. The average molecular weight is 370 g/mol. The van der Waals surface area contributed by atoms with Crippen LogP contribution in [-0.4, -0.2) is 36.3 Å². The number of nitrogens with one attached hydrogen (secondary N) is 1. The summed E-state index contributed by atoms with van der Waals surface area (Å²) in [5.41, 5.74) is 1.04. The summed E-state index contributed by atoms with van der Waals surface area (Å²) in [6, 6.07) is 5.58. The number of hydrogen-bond acceptors (Lipinski definition) is 4. The maximum atomic E-state index is 12.2. The molecule has 0 aliphatic carbocycles. The van der Waals surface area contributed by atoms with Gasteiger partial charge in [-0.05, 0) is 65.4 Å².